The summed E-state index contributed by atoms with van der Waals surface area (Å²) >= 11 is 1.95. The van der Waals surface area contributed by atoms with Crippen molar-refractivity contribution < 1.29 is 5.11 Å². The average molecular weight is 224 g/mol. The van der Waals surface area contributed by atoms with Crippen molar-refractivity contribution in [2.45, 2.75) is 25.7 Å². The molecule has 84 valence electrons. The van der Waals surface area contributed by atoms with E-state index in [1.54, 1.807) is 0 Å². The minimum absolute atomic E-state index is 0.330. The monoisotopic (exact) mass is 224 g/mol. The predicted molar refractivity (Wildman–Crippen MR) is 68.4 cm³/mol. The maximum atomic E-state index is 8.60. The van der Waals surface area contributed by atoms with Crippen LogP contribution >= 0.6 is 11.8 Å². The van der Waals surface area contributed by atoms with Gasteiger partial charge in [-0.2, -0.15) is 11.8 Å². The molecule has 0 unspecified atom stereocenters. The third kappa shape index (κ3) is 6.58. The number of benzene rings is 1. The van der Waals surface area contributed by atoms with E-state index in [1.807, 2.05) is 11.8 Å². The maximum absolute atomic E-state index is 8.60. The van der Waals surface area contributed by atoms with Crippen LogP contribution in [0.15, 0.2) is 30.3 Å². The largest absolute Gasteiger partial charge is 0.396 e. The molecule has 0 aromatic heterocycles. The molecule has 1 aromatic rings. The third-order valence-corrected chi connectivity index (χ3v) is 3.45. The van der Waals surface area contributed by atoms with Gasteiger partial charge in [0.2, 0.25) is 0 Å². The van der Waals surface area contributed by atoms with Gasteiger partial charge in [0, 0.05) is 6.61 Å². The lowest BCUT2D eigenvalue weighted by molar-refractivity contribution is 0.296. The summed E-state index contributed by atoms with van der Waals surface area (Å²) < 4.78 is 0. The van der Waals surface area contributed by atoms with E-state index in [9.17, 15) is 0 Å². The van der Waals surface area contributed by atoms with Crippen LogP contribution in [-0.2, 0) is 6.42 Å². The van der Waals surface area contributed by atoms with Gasteiger partial charge in [0.25, 0.3) is 0 Å². The number of rotatable bonds is 8. The average Bonchev–Trinajstić information content (AvgIpc) is 2.29. The minimum atomic E-state index is 0.330. The molecule has 0 saturated heterocycles. The Kier molecular flexibility index (Phi) is 7.40. The fourth-order valence-corrected chi connectivity index (χ4v) is 2.39. The molecule has 0 spiro atoms. The molecule has 0 aliphatic carbocycles. The normalized spacial score (nSPS) is 10.5. The van der Waals surface area contributed by atoms with Crippen molar-refractivity contribution in [2.24, 2.45) is 0 Å². The second-order valence-corrected chi connectivity index (χ2v) is 4.86. The van der Waals surface area contributed by atoms with Crippen LogP contribution in [-0.4, -0.2) is 23.2 Å². The van der Waals surface area contributed by atoms with E-state index in [4.69, 9.17) is 5.11 Å². The van der Waals surface area contributed by atoms with Gasteiger partial charge in [-0.1, -0.05) is 30.3 Å². The van der Waals surface area contributed by atoms with Crippen LogP contribution in [0.3, 0.4) is 0 Å². The van der Waals surface area contributed by atoms with Gasteiger partial charge in [0.15, 0.2) is 0 Å². The van der Waals surface area contributed by atoms with Gasteiger partial charge < -0.3 is 5.11 Å². The molecule has 2 heteroatoms. The number of aliphatic hydroxyl groups excluding tert-OH is 1. The second-order valence-electron chi connectivity index (χ2n) is 3.63. The highest BCUT2D eigenvalue weighted by atomic mass is 32.2. The fraction of sp³-hybridized carbons (Fsp3) is 0.538. The molecule has 0 fully saturated rings. The summed E-state index contributed by atoms with van der Waals surface area (Å²) in [6, 6.07) is 10.7. The van der Waals surface area contributed by atoms with Crippen molar-refractivity contribution in [3.63, 3.8) is 0 Å². The minimum Gasteiger partial charge on any atom is -0.396 e. The molecule has 0 amide bonds. The van der Waals surface area contributed by atoms with Crippen LogP contribution in [0.1, 0.15) is 24.8 Å². The first kappa shape index (κ1) is 12.6. The molecule has 1 rings (SSSR count). The summed E-state index contributed by atoms with van der Waals surface area (Å²) in [5.41, 5.74) is 1.44. The van der Waals surface area contributed by atoms with Crippen molar-refractivity contribution in [2.75, 3.05) is 18.1 Å². The first-order valence-electron chi connectivity index (χ1n) is 5.66. The lowest BCUT2D eigenvalue weighted by atomic mass is 10.1. The molecule has 0 atom stereocenters. The van der Waals surface area contributed by atoms with E-state index in [-0.39, 0.29) is 0 Å². The van der Waals surface area contributed by atoms with Gasteiger partial charge in [-0.15, -0.1) is 0 Å². The summed E-state index contributed by atoms with van der Waals surface area (Å²) in [5, 5.41) is 8.60. The molecule has 1 N–H and O–H groups in total. The third-order valence-electron chi connectivity index (χ3n) is 2.29. The Balaban J connectivity index is 1.93. The van der Waals surface area contributed by atoms with Crippen LogP contribution in [0.5, 0.6) is 0 Å². The zero-order valence-electron chi connectivity index (χ0n) is 9.19. The number of hydrogen-bond acceptors (Lipinski definition) is 2. The standard InChI is InChI=1S/C13H20OS/c14-10-6-12-15-11-5-4-9-13-7-2-1-3-8-13/h1-3,7-8,14H,4-6,9-12H2. The molecule has 0 heterocycles. The molecule has 15 heavy (non-hydrogen) atoms. The Morgan fingerprint density at radius 3 is 2.40 bits per heavy atom. The molecule has 1 nitrogen and oxygen atoms in total. The van der Waals surface area contributed by atoms with Crippen molar-refractivity contribution in [1.29, 1.82) is 0 Å². The predicted octanol–water partition coefficient (Wildman–Crippen LogP) is 3.12. The Labute approximate surface area is 96.9 Å². The molecule has 1 aromatic carbocycles. The Bertz CT molecular complexity index is 236. The van der Waals surface area contributed by atoms with Gasteiger partial charge in [0.05, 0.1) is 0 Å². The highest BCUT2D eigenvalue weighted by Crippen LogP contribution is 2.09. The Morgan fingerprint density at radius 2 is 1.67 bits per heavy atom. The number of unbranched alkanes of at least 4 members (excludes halogenated alkanes) is 1. The van der Waals surface area contributed by atoms with E-state index in [2.05, 4.69) is 30.3 Å². The van der Waals surface area contributed by atoms with Gasteiger partial charge in [-0.25, -0.2) is 0 Å². The lowest BCUT2D eigenvalue weighted by Gasteiger charge is -2.01. The van der Waals surface area contributed by atoms with Crippen molar-refractivity contribution in [1.82, 2.24) is 0 Å². The maximum Gasteiger partial charge on any atom is 0.0438 e. The van der Waals surface area contributed by atoms with Crippen LogP contribution in [0, 0.1) is 0 Å². The van der Waals surface area contributed by atoms with Crippen LogP contribution in [0.2, 0.25) is 0 Å². The van der Waals surface area contributed by atoms with E-state index < -0.39 is 0 Å². The first-order chi connectivity index (χ1) is 7.43. The highest BCUT2D eigenvalue weighted by molar-refractivity contribution is 7.99. The SMILES string of the molecule is OCCCSCCCCc1ccccc1. The second kappa shape index (κ2) is 8.81. The lowest BCUT2D eigenvalue weighted by Crippen LogP contribution is -1.90. The smallest absolute Gasteiger partial charge is 0.0438 e. The molecule has 0 saturated carbocycles. The number of hydrogen-bond donors (Lipinski definition) is 1. The zero-order valence-corrected chi connectivity index (χ0v) is 10.0. The number of aryl methyl sites for hydroxylation is 1. The summed E-state index contributed by atoms with van der Waals surface area (Å²) in [6.07, 6.45) is 4.69. The highest BCUT2D eigenvalue weighted by Gasteiger charge is 1.93. The van der Waals surface area contributed by atoms with Crippen molar-refractivity contribution >= 4 is 11.8 Å². The van der Waals surface area contributed by atoms with Crippen LogP contribution in [0.4, 0.5) is 0 Å². The van der Waals surface area contributed by atoms with Crippen LogP contribution in [0.25, 0.3) is 0 Å². The zero-order chi connectivity index (χ0) is 10.8. The van der Waals surface area contributed by atoms with E-state index in [1.165, 1.54) is 30.6 Å². The van der Waals surface area contributed by atoms with Gasteiger partial charge in [-0.3, -0.25) is 0 Å². The first-order valence-corrected chi connectivity index (χ1v) is 6.81. The van der Waals surface area contributed by atoms with E-state index in [0.29, 0.717) is 6.61 Å². The molecule has 0 aliphatic rings. The fourth-order valence-electron chi connectivity index (χ4n) is 1.45. The molecule has 0 aliphatic heterocycles. The van der Waals surface area contributed by atoms with Gasteiger partial charge in [0.1, 0.15) is 0 Å². The Morgan fingerprint density at radius 1 is 0.933 bits per heavy atom. The summed E-state index contributed by atoms with van der Waals surface area (Å²) in [7, 11) is 0. The molecule has 0 radical (unpaired) electrons. The van der Waals surface area contributed by atoms with E-state index in [0.717, 1.165) is 12.2 Å². The topological polar surface area (TPSA) is 20.2 Å². The molecular formula is C13H20OS. The van der Waals surface area contributed by atoms with Gasteiger partial charge in [-0.05, 0) is 42.8 Å². The van der Waals surface area contributed by atoms with E-state index >= 15 is 0 Å². The summed E-state index contributed by atoms with van der Waals surface area (Å²) in [5.74, 6) is 2.33. The summed E-state index contributed by atoms with van der Waals surface area (Å²) in [6.45, 7) is 0.330. The summed E-state index contributed by atoms with van der Waals surface area (Å²) in [4.78, 5) is 0. The van der Waals surface area contributed by atoms with Crippen molar-refractivity contribution in [3.05, 3.63) is 35.9 Å². The van der Waals surface area contributed by atoms with Crippen molar-refractivity contribution in [3.8, 4) is 0 Å². The number of thioether (sulfide) groups is 1. The van der Waals surface area contributed by atoms with Crippen LogP contribution < -0.4 is 0 Å². The molecular weight excluding hydrogens is 204 g/mol. The molecule has 0 bridgehead atoms. The number of aliphatic hydroxyl groups is 1. The Hall–Kier alpha value is -0.470. The quantitative estimate of drug-likeness (QED) is 0.685. The van der Waals surface area contributed by atoms with Gasteiger partial charge >= 0.3 is 0 Å².